The van der Waals surface area contributed by atoms with Gasteiger partial charge in [-0.1, -0.05) is 32.0 Å². The zero-order valence-corrected chi connectivity index (χ0v) is 10.3. The number of benzene rings is 1. The first kappa shape index (κ1) is 11.8. The lowest BCUT2D eigenvalue weighted by atomic mass is 9.98. The van der Waals surface area contributed by atoms with Gasteiger partial charge < -0.3 is 4.90 Å². The summed E-state index contributed by atoms with van der Waals surface area (Å²) in [6, 6.07) is 7.82. The zero-order valence-electron chi connectivity index (χ0n) is 10.3. The van der Waals surface area contributed by atoms with Crippen molar-refractivity contribution < 1.29 is 9.59 Å². The maximum atomic E-state index is 11.9. The second kappa shape index (κ2) is 4.70. The van der Waals surface area contributed by atoms with Gasteiger partial charge in [0.2, 0.25) is 5.78 Å². The SMILES string of the molecule is CC(C)c1ccccc1N1CCCC(=O)C1=O. The van der Waals surface area contributed by atoms with Gasteiger partial charge in [-0.15, -0.1) is 0 Å². The molecule has 0 unspecified atom stereocenters. The van der Waals surface area contributed by atoms with Gasteiger partial charge in [0.05, 0.1) is 0 Å². The summed E-state index contributed by atoms with van der Waals surface area (Å²) in [7, 11) is 0. The lowest BCUT2D eigenvalue weighted by molar-refractivity contribution is -0.137. The van der Waals surface area contributed by atoms with Crippen molar-refractivity contribution in [3.63, 3.8) is 0 Å². The molecular formula is C14H17NO2. The van der Waals surface area contributed by atoms with Crippen LogP contribution < -0.4 is 4.90 Å². The molecule has 1 aliphatic heterocycles. The van der Waals surface area contributed by atoms with Gasteiger partial charge in [-0.25, -0.2) is 0 Å². The molecule has 1 aromatic rings. The predicted octanol–water partition coefficient (Wildman–Crippen LogP) is 2.51. The normalized spacial score (nSPS) is 16.8. The lowest BCUT2D eigenvalue weighted by Gasteiger charge is -2.28. The number of hydrogen-bond donors (Lipinski definition) is 0. The molecule has 0 bridgehead atoms. The first-order valence-electron chi connectivity index (χ1n) is 6.05. The number of piperidine rings is 1. The van der Waals surface area contributed by atoms with Crippen molar-refractivity contribution in [2.45, 2.75) is 32.6 Å². The number of anilines is 1. The molecule has 1 amide bonds. The topological polar surface area (TPSA) is 37.4 Å². The third-order valence-electron chi connectivity index (χ3n) is 3.12. The predicted molar refractivity (Wildman–Crippen MR) is 67.1 cm³/mol. The van der Waals surface area contributed by atoms with E-state index in [1.54, 1.807) is 4.90 Å². The molecule has 1 heterocycles. The van der Waals surface area contributed by atoms with E-state index in [0.29, 0.717) is 18.9 Å². The first-order valence-corrected chi connectivity index (χ1v) is 6.05. The number of Topliss-reactive ketones (excluding diaryl/α,β-unsaturated/α-hetero) is 1. The molecule has 1 aromatic carbocycles. The van der Waals surface area contributed by atoms with Crippen LogP contribution in [0.1, 0.15) is 38.2 Å². The van der Waals surface area contributed by atoms with Crippen LogP contribution in [-0.2, 0) is 9.59 Å². The van der Waals surface area contributed by atoms with Crippen LogP contribution in [0.15, 0.2) is 24.3 Å². The van der Waals surface area contributed by atoms with Crippen molar-refractivity contribution in [3.05, 3.63) is 29.8 Å². The standard InChI is InChI=1S/C14H17NO2/c1-10(2)11-6-3-4-7-12(11)15-9-5-8-13(16)14(15)17/h3-4,6-7,10H,5,8-9H2,1-2H3. The van der Waals surface area contributed by atoms with E-state index in [1.807, 2.05) is 24.3 Å². The number of hydrogen-bond acceptors (Lipinski definition) is 2. The van der Waals surface area contributed by atoms with Crippen molar-refractivity contribution in [3.8, 4) is 0 Å². The first-order chi connectivity index (χ1) is 8.11. The summed E-state index contributed by atoms with van der Waals surface area (Å²) in [5.74, 6) is -0.282. The van der Waals surface area contributed by atoms with E-state index in [1.165, 1.54) is 0 Å². The van der Waals surface area contributed by atoms with E-state index >= 15 is 0 Å². The van der Waals surface area contributed by atoms with Crippen LogP contribution in [0.25, 0.3) is 0 Å². The van der Waals surface area contributed by atoms with Gasteiger partial charge in [-0.2, -0.15) is 0 Å². The summed E-state index contributed by atoms with van der Waals surface area (Å²) >= 11 is 0. The molecule has 17 heavy (non-hydrogen) atoms. The van der Waals surface area contributed by atoms with E-state index in [9.17, 15) is 9.59 Å². The van der Waals surface area contributed by atoms with Crippen molar-refractivity contribution in [1.82, 2.24) is 0 Å². The summed E-state index contributed by atoms with van der Waals surface area (Å²) in [6.45, 7) is 4.83. The molecule has 0 atom stereocenters. The van der Waals surface area contributed by atoms with E-state index in [2.05, 4.69) is 13.8 Å². The van der Waals surface area contributed by atoms with Gasteiger partial charge in [0.25, 0.3) is 5.91 Å². The molecular weight excluding hydrogens is 214 g/mol. The fourth-order valence-corrected chi connectivity index (χ4v) is 2.21. The highest BCUT2D eigenvalue weighted by Gasteiger charge is 2.28. The smallest absolute Gasteiger partial charge is 0.294 e. The Kier molecular flexibility index (Phi) is 3.27. The van der Waals surface area contributed by atoms with Crippen molar-refractivity contribution >= 4 is 17.4 Å². The Labute approximate surface area is 101 Å². The van der Waals surface area contributed by atoms with Crippen molar-refractivity contribution in [2.75, 3.05) is 11.4 Å². The molecule has 0 aliphatic carbocycles. The van der Waals surface area contributed by atoms with Gasteiger partial charge in [0, 0.05) is 18.7 Å². The van der Waals surface area contributed by atoms with Crippen molar-refractivity contribution in [1.29, 1.82) is 0 Å². The van der Waals surface area contributed by atoms with Crippen LogP contribution in [0.4, 0.5) is 5.69 Å². The number of carbonyl (C=O) groups is 2. The fraction of sp³-hybridized carbons (Fsp3) is 0.429. The van der Waals surface area contributed by atoms with E-state index < -0.39 is 0 Å². The Balaban J connectivity index is 2.39. The van der Waals surface area contributed by atoms with Gasteiger partial charge in [0.1, 0.15) is 0 Å². The number of amides is 1. The molecule has 1 aliphatic rings. The average molecular weight is 231 g/mol. The molecule has 0 N–H and O–H groups in total. The largest absolute Gasteiger partial charge is 0.306 e. The van der Waals surface area contributed by atoms with Crippen LogP contribution >= 0.6 is 0 Å². The Morgan fingerprint density at radius 3 is 2.59 bits per heavy atom. The highest BCUT2D eigenvalue weighted by molar-refractivity contribution is 6.42. The van der Waals surface area contributed by atoms with Gasteiger partial charge in [0.15, 0.2) is 0 Å². The quantitative estimate of drug-likeness (QED) is 0.733. The Hall–Kier alpha value is -1.64. The maximum Gasteiger partial charge on any atom is 0.294 e. The second-order valence-corrected chi connectivity index (χ2v) is 4.70. The van der Waals surface area contributed by atoms with Gasteiger partial charge in [-0.05, 0) is 24.0 Å². The van der Waals surface area contributed by atoms with Gasteiger partial charge >= 0.3 is 0 Å². The molecule has 0 saturated carbocycles. The lowest BCUT2D eigenvalue weighted by Crippen LogP contribution is -2.42. The van der Waals surface area contributed by atoms with Gasteiger partial charge in [-0.3, -0.25) is 9.59 Å². The molecule has 0 spiro atoms. The van der Waals surface area contributed by atoms with E-state index in [-0.39, 0.29) is 11.7 Å². The minimum Gasteiger partial charge on any atom is -0.306 e. The van der Waals surface area contributed by atoms with Crippen LogP contribution in [0.2, 0.25) is 0 Å². The summed E-state index contributed by atoms with van der Waals surface area (Å²) in [5, 5.41) is 0. The molecule has 3 nitrogen and oxygen atoms in total. The molecule has 2 rings (SSSR count). The summed E-state index contributed by atoms with van der Waals surface area (Å²) in [4.78, 5) is 25.0. The zero-order chi connectivity index (χ0) is 12.4. The Morgan fingerprint density at radius 2 is 1.88 bits per heavy atom. The Morgan fingerprint density at radius 1 is 1.18 bits per heavy atom. The number of nitrogens with zero attached hydrogens (tertiary/aromatic N) is 1. The van der Waals surface area contributed by atoms with Crippen LogP contribution in [0.5, 0.6) is 0 Å². The third kappa shape index (κ3) is 2.23. The molecule has 1 saturated heterocycles. The van der Waals surface area contributed by atoms with Crippen molar-refractivity contribution in [2.24, 2.45) is 0 Å². The van der Waals surface area contributed by atoms with Crippen LogP contribution in [-0.4, -0.2) is 18.2 Å². The third-order valence-corrected chi connectivity index (χ3v) is 3.12. The highest BCUT2D eigenvalue weighted by atomic mass is 16.2. The molecule has 1 fully saturated rings. The molecule has 90 valence electrons. The average Bonchev–Trinajstić information content (AvgIpc) is 2.33. The second-order valence-electron chi connectivity index (χ2n) is 4.70. The number of carbonyl (C=O) groups excluding carboxylic acids is 2. The Bertz CT molecular complexity index is 451. The minimum absolute atomic E-state index is 0.269. The van der Waals surface area contributed by atoms with E-state index in [4.69, 9.17) is 0 Å². The number of rotatable bonds is 2. The summed E-state index contributed by atoms with van der Waals surface area (Å²) in [6.07, 6.45) is 1.15. The molecule has 0 radical (unpaired) electrons. The maximum absolute atomic E-state index is 11.9. The number of ketones is 1. The number of para-hydroxylation sites is 1. The molecule has 3 heteroatoms. The molecule has 0 aromatic heterocycles. The fourth-order valence-electron chi connectivity index (χ4n) is 2.21. The van der Waals surface area contributed by atoms with Crippen LogP contribution in [0.3, 0.4) is 0 Å². The highest BCUT2D eigenvalue weighted by Crippen LogP contribution is 2.29. The summed E-state index contributed by atoms with van der Waals surface area (Å²) < 4.78 is 0. The van der Waals surface area contributed by atoms with E-state index in [0.717, 1.165) is 17.7 Å². The van der Waals surface area contributed by atoms with Crippen LogP contribution in [0, 0.1) is 0 Å². The minimum atomic E-state index is -0.357. The summed E-state index contributed by atoms with van der Waals surface area (Å²) in [5.41, 5.74) is 2.01. The monoisotopic (exact) mass is 231 g/mol.